The molecular formula is C37H31N2OY-. The maximum Gasteiger partial charge on any atom is 0.124 e. The first-order valence-electron chi connectivity index (χ1n) is 13.2. The van der Waals surface area contributed by atoms with E-state index in [-0.39, 0.29) is 38.5 Å². The van der Waals surface area contributed by atoms with Crippen molar-refractivity contribution in [2.45, 2.75) is 6.54 Å². The van der Waals surface area contributed by atoms with Crippen LogP contribution in [-0.4, -0.2) is 5.11 Å². The summed E-state index contributed by atoms with van der Waals surface area (Å²) in [4.78, 5) is 0. The molecule has 0 spiro atoms. The molecule has 0 saturated heterocycles. The largest absolute Gasteiger partial charge is 0.679 e. The second kappa shape index (κ2) is 13.9. The first-order chi connectivity index (χ1) is 19.7. The van der Waals surface area contributed by atoms with Crippen LogP contribution in [0.4, 0.5) is 11.4 Å². The number of anilines is 1. The maximum absolute atomic E-state index is 11.3. The van der Waals surface area contributed by atoms with Gasteiger partial charge in [-0.3, -0.25) is 0 Å². The summed E-state index contributed by atoms with van der Waals surface area (Å²) in [5.41, 5.74) is 15.1. The molecule has 0 aliphatic carbocycles. The number of rotatable bonds is 6. The van der Waals surface area contributed by atoms with Crippen molar-refractivity contribution in [2.75, 3.05) is 5.73 Å². The summed E-state index contributed by atoms with van der Waals surface area (Å²) in [7, 11) is 0. The minimum Gasteiger partial charge on any atom is -0.679 e. The van der Waals surface area contributed by atoms with Crippen LogP contribution < -0.4 is 5.73 Å². The van der Waals surface area contributed by atoms with Gasteiger partial charge in [0, 0.05) is 49.3 Å². The zero-order valence-electron chi connectivity index (χ0n) is 22.9. The number of fused-ring (bicyclic) bond motifs is 1. The third kappa shape index (κ3) is 6.43. The van der Waals surface area contributed by atoms with E-state index in [9.17, 15) is 5.11 Å². The van der Waals surface area contributed by atoms with Crippen LogP contribution in [0.1, 0.15) is 5.56 Å². The van der Waals surface area contributed by atoms with Gasteiger partial charge in [-0.1, -0.05) is 127 Å². The van der Waals surface area contributed by atoms with Gasteiger partial charge in [-0.15, -0.1) is 25.4 Å². The average Bonchev–Trinajstić information content (AvgIpc) is 3.02. The zero-order chi connectivity index (χ0) is 27.9. The summed E-state index contributed by atoms with van der Waals surface area (Å²) >= 11 is 0. The molecule has 0 aliphatic heterocycles. The second-order valence-corrected chi connectivity index (χ2v) is 9.34. The van der Waals surface area contributed by atoms with E-state index >= 15 is 0 Å². The predicted octanol–water partition coefficient (Wildman–Crippen LogP) is 10.1. The third-order valence-corrected chi connectivity index (χ3v) is 6.96. The average molecular weight is 609 g/mol. The monoisotopic (exact) mass is 608 g/mol. The van der Waals surface area contributed by atoms with E-state index < -0.39 is 0 Å². The Hall–Kier alpha value is -4.18. The van der Waals surface area contributed by atoms with Gasteiger partial charge in [0.15, 0.2) is 0 Å². The summed E-state index contributed by atoms with van der Waals surface area (Å²) < 4.78 is 0. The minimum atomic E-state index is 0. The van der Waals surface area contributed by atoms with Crippen LogP contribution in [0, 0.1) is 0 Å². The van der Waals surface area contributed by atoms with Crippen molar-refractivity contribution in [3.63, 3.8) is 0 Å². The maximum atomic E-state index is 11.3. The van der Waals surface area contributed by atoms with E-state index in [0.717, 1.165) is 55.4 Å². The number of phenols is 1. The molecule has 1 radical (unpaired) electrons. The molecule has 0 unspecified atom stereocenters. The molecule has 0 amide bonds. The van der Waals surface area contributed by atoms with E-state index in [1.165, 1.54) is 0 Å². The van der Waals surface area contributed by atoms with Crippen molar-refractivity contribution >= 4 is 22.1 Å². The van der Waals surface area contributed by atoms with Gasteiger partial charge in [-0.2, -0.15) is 0 Å². The van der Waals surface area contributed by atoms with Crippen LogP contribution in [0.25, 0.3) is 49.5 Å². The van der Waals surface area contributed by atoms with Gasteiger partial charge in [0.1, 0.15) is 5.75 Å². The molecule has 4 heteroatoms. The Balaban J connectivity index is 0.00000126. The van der Waals surface area contributed by atoms with Gasteiger partial charge in [0.05, 0.1) is 0 Å². The fraction of sp³-hybridized carbons (Fsp3) is 0.0270. The summed E-state index contributed by atoms with van der Waals surface area (Å²) in [6.45, 7) is 6.40. The van der Waals surface area contributed by atoms with Gasteiger partial charge >= 0.3 is 0 Å². The number of aromatic hydroxyl groups is 1. The van der Waals surface area contributed by atoms with Crippen molar-refractivity contribution in [1.29, 1.82) is 0 Å². The van der Waals surface area contributed by atoms with Crippen molar-refractivity contribution < 1.29 is 37.8 Å². The molecule has 6 rings (SSSR count). The number of benzene rings is 6. The summed E-state index contributed by atoms with van der Waals surface area (Å²) in [6, 6.07) is 44.7. The van der Waals surface area contributed by atoms with Crippen LogP contribution >= 0.6 is 0 Å². The Morgan fingerprint density at radius 3 is 1.76 bits per heavy atom. The molecule has 0 aromatic heterocycles. The molecule has 3 N–H and O–H groups in total. The number of hydrogen-bond donors (Lipinski definition) is 2. The Labute approximate surface area is 267 Å². The Kier molecular flexibility index (Phi) is 10.1. The molecule has 6 aromatic rings. The number of hydrogen-bond acceptors (Lipinski definition) is 2. The quantitative estimate of drug-likeness (QED) is 0.146. The van der Waals surface area contributed by atoms with E-state index in [0.29, 0.717) is 12.2 Å². The molecular weight excluding hydrogens is 577 g/mol. The van der Waals surface area contributed by atoms with Crippen molar-refractivity contribution in [3.8, 4) is 39.1 Å². The molecule has 0 bridgehead atoms. The van der Waals surface area contributed by atoms with Gasteiger partial charge in [0.25, 0.3) is 0 Å². The standard InChI is InChI=1S/C35H27N2O.C2H4.Y/c36-35-30(26-15-8-3-9-16-26)17-10-18-32(35)37-23-27-19-20-29(25-13-6-2-7-14-25)31-21-28(22-33(38)34(27)31)24-11-4-1-5-12-24;1-2;/h1-22,38H,23,36H2;1-2H2;/q-1;;. The smallest absolute Gasteiger partial charge is 0.124 e. The molecule has 0 atom stereocenters. The SMILES string of the molecule is C=C.Nc1c([N-]Cc2ccc(-c3ccccc3)c3cc(-c4ccccc4)cc(O)c23)cccc1-c1ccccc1.[Y]. The van der Waals surface area contributed by atoms with Gasteiger partial charge in [0.2, 0.25) is 0 Å². The normalized spacial score (nSPS) is 10.2. The second-order valence-electron chi connectivity index (χ2n) is 9.34. The fourth-order valence-corrected chi connectivity index (χ4v) is 5.06. The number of nitrogen functional groups attached to an aromatic ring is 1. The van der Waals surface area contributed by atoms with Crippen LogP contribution in [0.5, 0.6) is 5.75 Å². The fourth-order valence-electron chi connectivity index (χ4n) is 5.06. The molecule has 0 fully saturated rings. The molecule has 6 aromatic carbocycles. The molecule has 0 heterocycles. The Morgan fingerprint density at radius 1 is 0.585 bits per heavy atom. The van der Waals surface area contributed by atoms with Crippen molar-refractivity contribution in [1.82, 2.24) is 0 Å². The van der Waals surface area contributed by atoms with Crippen molar-refractivity contribution in [3.05, 3.63) is 157 Å². The first-order valence-corrected chi connectivity index (χ1v) is 13.2. The molecule has 199 valence electrons. The van der Waals surface area contributed by atoms with Crippen LogP contribution in [0.15, 0.2) is 147 Å². The van der Waals surface area contributed by atoms with Crippen LogP contribution in [0.3, 0.4) is 0 Å². The summed E-state index contributed by atoms with van der Waals surface area (Å²) in [5.74, 6) is 0.246. The first kappa shape index (κ1) is 29.8. The van der Waals surface area contributed by atoms with E-state index in [1.54, 1.807) is 0 Å². The van der Waals surface area contributed by atoms with Gasteiger partial charge < -0.3 is 16.2 Å². The Morgan fingerprint density at radius 2 is 1.15 bits per heavy atom. The number of para-hydroxylation sites is 1. The van der Waals surface area contributed by atoms with Crippen LogP contribution in [-0.2, 0) is 39.3 Å². The summed E-state index contributed by atoms with van der Waals surface area (Å²) in [5, 5.41) is 18.1. The zero-order valence-corrected chi connectivity index (χ0v) is 25.7. The minimum absolute atomic E-state index is 0. The van der Waals surface area contributed by atoms with Crippen LogP contribution in [0.2, 0.25) is 0 Å². The van der Waals surface area contributed by atoms with E-state index in [1.807, 2.05) is 91.0 Å². The topological polar surface area (TPSA) is 60.4 Å². The predicted molar refractivity (Wildman–Crippen MR) is 171 cm³/mol. The molecule has 41 heavy (non-hydrogen) atoms. The number of phenolic OH excluding ortho intramolecular Hbond substituents is 1. The molecule has 0 saturated carbocycles. The van der Waals surface area contributed by atoms with Gasteiger partial charge in [-0.25, -0.2) is 0 Å². The molecule has 3 nitrogen and oxygen atoms in total. The van der Waals surface area contributed by atoms with Gasteiger partial charge in [-0.05, 0) is 45.3 Å². The Bertz CT molecular complexity index is 1740. The molecule has 0 aliphatic rings. The van der Waals surface area contributed by atoms with E-state index in [2.05, 4.69) is 55.6 Å². The summed E-state index contributed by atoms with van der Waals surface area (Å²) in [6.07, 6.45) is 0. The third-order valence-electron chi connectivity index (χ3n) is 6.96. The van der Waals surface area contributed by atoms with E-state index in [4.69, 9.17) is 11.1 Å². The number of nitrogens with zero attached hydrogens (tertiary/aromatic N) is 1. The number of nitrogens with two attached hydrogens (primary N) is 1. The van der Waals surface area contributed by atoms with Crippen molar-refractivity contribution in [2.24, 2.45) is 0 Å².